The van der Waals surface area contributed by atoms with E-state index in [2.05, 4.69) is 31.5 Å². The monoisotopic (exact) mass is 139 g/mol. The summed E-state index contributed by atoms with van der Waals surface area (Å²) < 4.78 is 0. The Labute approximate surface area is 63.7 Å². The smallest absolute Gasteiger partial charge is 0.0357 e. The first-order chi connectivity index (χ1) is 4.69. The Balaban J connectivity index is 2.62. The van der Waals surface area contributed by atoms with Gasteiger partial charge in [0.25, 0.3) is 0 Å². The largest absolute Gasteiger partial charge is 0.298 e. The first-order valence-electron chi connectivity index (χ1n) is 4.04. The number of rotatable bonds is 1. The molecule has 1 aliphatic heterocycles. The minimum absolute atomic E-state index is 0.276. The van der Waals surface area contributed by atoms with E-state index in [0.29, 0.717) is 0 Å². The van der Waals surface area contributed by atoms with Crippen LogP contribution in [0.5, 0.6) is 0 Å². The van der Waals surface area contributed by atoms with Crippen LogP contribution in [-0.4, -0.2) is 24.0 Å². The number of nitrogens with zero attached hydrogens (tertiary/aromatic N) is 1. The second-order valence-corrected chi connectivity index (χ2v) is 3.44. The maximum atomic E-state index is 3.86. The number of hydrogen-bond donors (Lipinski definition) is 0. The topological polar surface area (TPSA) is 3.24 Å². The van der Waals surface area contributed by atoms with E-state index < -0.39 is 0 Å². The Morgan fingerprint density at radius 1 is 1.50 bits per heavy atom. The lowest BCUT2D eigenvalue weighted by atomic mass is 9.89. The van der Waals surface area contributed by atoms with Crippen molar-refractivity contribution in [2.45, 2.75) is 31.7 Å². The van der Waals surface area contributed by atoms with Crippen LogP contribution >= 0.6 is 0 Å². The fourth-order valence-electron chi connectivity index (χ4n) is 1.54. The lowest BCUT2D eigenvalue weighted by Crippen LogP contribution is -2.45. The summed E-state index contributed by atoms with van der Waals surface area (Å²) in [5.74, 6) is 0. The van der Waals surface area contributed by atoms with Gasteiger partial charge >= 0.3 is 0 Å². The highest BCUT2D eigenvalue weighted by Crippen LogP contribution is 2.26. The summed E-state index contributed by atoms with van der Waals surface area (Å²) in [7, 11) is 2.18. The average Bonchev–Trinajstić information content (AvgIpc) is 1.96. The average molecular weight is 139 g/mol. The van der Waals surface area contributed by atoms with Gasteiger partial charge in [0.05, 0.1) is 0 Å². The molecule has 0 aromatic heterocycles. The highest BCUT2D eigenvalue weighted by Gasteiger charge is 2.27. The number of piperidine rings is 1. The van der Waals surface area contributed by atoms with Crippen molar-refractivity contribution in [3.05, 3.63) is 12.7 Å². The van der Waals surface area contributed by atoms with E-state index in [4.69, 9.17) is 0 Å². The van der Waals surface area contributed by atoms with Crippen LogP contribution in [0.15, 0.2) is 12.7 Å². The fourth-order valence-corrected chi connectivity index (χ4v) is 1.54. The van der Waals surface area contributed by atoms with Gasteiger partial charge in [0.15, 0.2) is 0 Å². The lowest BCUT2D eigenvalue weighted by Gasteiger charge is -2.40. The van der Waals surface area contributed by atoms with E-state index >= 15 is 0 Å². The second kappa shape index (κ2) is 2.75. The molecule has 58 valence electrons. The molecule has 0 aromatic rings. The molecule has 0 spiro atoms. The highest BCUT2D eigenvalue weighted by atomic mass is 15.2. The molecule has 1 saturated heterocycles. The molecule has 1 atom stereocenters. The van der Waals surface area contributed by atoms with Crippen molar-refractivity contribution in [2.75, 3.05) is 13.6 Å². The third kappa shape index (κ3) is 1.24. The quantitative estimate of drug-likeness (QED) is 0.502. The van der Waals surface area contributed by atoms with Crippen molar-refractivity contribution >= 4 is 0 Å². The molecule has 10 heavy (non-hydrogen) atoms. The zero-order chi connectivity index (χ0) is 7.61. The van der Waals surface area contributed by atoms with Crippen molar-refractivity contribution in [1.29, 1.82) is 0 Å². The maximum Gasteiger partial charge on any atom is 0.0357 e. The Kier molecular flexibility index (Phi) is 2.14. The van der Waals surface area contributed by atoms with Crippen molar-refractivity contribution in [3.63, 3.8) is 0 Å². The van der Waals surface area contributed by atoms with E-state index in [1.54, 1.807) is 0 Å². The summed E-state index contributed by atoms with van der Waals surface area (Å²) in [6, 6.07) is 0. The van der Waals surface area contributed by atoms with Gasteiger partial charge in [0.1, 0.15) is 0 Å². The van der Waals surface area contributed by atoms with Crippen LogP contribution in [0.25, 0.3) is 0 Å². The van der Waals surface area contributed by atoms with Gasteiger partial charge in [-0.05, 0) is 33.4 Å². The van der Waals surface area contributed by atoms with E-state index in [1.165, 1.54) is 25.8 Å². The van der Waals surface area contributed by atoms with Gasteiger partial charge in [-0.3, -0.25) is 4.90 Å². The first kappa shape index (κ1) is 7.80. The lowest BCUT2D eigenvalue weighted by molar-refractivity contribution is 0.134. The van der Waals surface area contributed by atoms with Gasteiger partial charge in [-0.2, -0.15) is 0 Å². The van der Waals surface area contributed by atoms with Crippen LogP contribution < -0.4 is 0 Å². The Hall–Kier alpha value is -0.300. The van der Waals surface area contributed by atoms with Crippen molar-refractivity contribution < 1.29 is 0 Å². The predicted molar refractivity (Wildman–Crippen MR) is 45.1 cm³/mol. The molecule has 1 rings (SSSR count). The van der Waals surface area contributed by atoms with Gasteiger partial charge in [-0.1, -0.05) is 12.5 Å². The van der Waals surface area contributed by atoms with Crippen molar-refractivity contribution in [2.24, 2.45) is 0 Å². The van der Waals surface area contributed by atoms with E-state index in [-0.39, 0.29) is 5.54 Å². The van der Waals surface area contributed by atoms with Crippen LogP contribution in [0.4, 0.5) is 0 Å². The maximum absolute atomic E-state index is 3.86. The molecule has 0 saturated carbocycles. The van der Waals surface area contributed by atoms with Gasteiger partial charge in [0.2, 0.25) is 0 Å². The van der Waals surface area contributed by atoms with Crippen molar-refractivity contribution in [3.8, 4) is 0 Å². The molecule has 1 unspecified atom stereocenters. The van der Waals surface area contributed by atoms with Gasteiger partial charge in [-0.25, -0.2) is 0 Å². The Bertz CT molecular complexity index is 131. The molecule has 0 N–H and O–H groups in total. The molecule has 1 fully saturated rings. The van der Waals surface area contributed by atoms with Crippen molar-refractivity contribution in [1.82, 2.24) is 4.90 Å². The first-order valence-corrected chi connectivity index (χ1v) is 4.04. The normalized spacial score (nSPS) is 35.8. The van der Waals surface area contributed by atoms with Crippen LogP contribution in [0.3, 0.4) is 0 Å². The molecule has 1 aliphatic rings. The fraction of sp³-hybridized carbons (Fsp3) is 0.778. The SMILES string of the molecule is C=CC1(C)CCCCN1C. The second-order valence-electron chi connectivity index (χ2n) is 3.44. The van der Waals surface area contributed by atoms with Gasteiger partial charge < -0.3 is 0 Å². The van der Waals surface area contributed by atoms with Crippen LogP contribution in [0, 0.1) is 0 Å². The summed E-state index contributed by atoms with van der Waals surface area (Å²) in [5.41, 5.74) is 0.276. The summed E-state index contributed by atoms with van der Waals surface area (Å²) in [6.45, 7) is 7.35. The van der Waals surface area contributed by atoms with Crippen LogP contribution in [0.2, 0.25) is 0 Å². The molecule has 0 bridgehead atoms. The van der Waals surface area contributed by atoms with Gasteiger partial charge in [-0.15, -0.1) is 6.58 Å². The number of likely N-dealkylation sites (tertiary alicyclic amines) is 1. The van der Waals surface area contributed by atoms with E-state index in [1.807, 2.05) is 0 Å². The molecular weight excluding hydrogens is 122 g/mol. The molecule has 1 heterocycles. The molecule has 0 aromatic carbocycles. The summed E-state index contributed by atoms with van der Waals surface area (Å²) in [5, 5.41) is 0. The zero-order valence-electron chi connectivity index (χ0n) is 7.06. The zero-order valence-corrected chi connectivity index (χ0v) is 7.06. The highest BCUT2D eigenvalue weighted by molar-refractivity contribution is 5.01. The third-order valence-corrected chi connectivity index (χ3v) is 2.74. The van der Waals surface area contributed by atoms with E-state index in [9.17, 15) is 0 Å². The van der Waals surface area contributed by atoms with E-state index in [0.717, 1.165) is 0 Å². The van der Waals surface area contributed by atoms with Gasteiger partial charge in [0, 0.05) is 5.54 Å². The molecule has 0 radical (unpaired) electrons. The molecule has 1 nitrogen and oxygen atoms in total. The summed E-state index contributed by atoms with van der Waals surface area (Å²) in [4.78, 5) is 2.39. The standard InChI is InChI=1S/C9H17N/c1-4-9(2)7-5-6-8-10(9)3/h4H,1,5-8H2,2-3H3. The van der Waals surface area contributed by atoms with Crippen LogP contribution in [-0.2, 0) is 0 Å². The number of hydrogen-bond acceptors (Lipinski definition) is 1. The molecule has 0 aliphatic carbocycles. The minimum Gasteiger partial charge on any atom is -0.298 e. The summed E-state index contributed by atoms with van der Waals surface area (Å²) >= 11 is 0. The molecule has 0 amide bonds. The Morgan fingerprint density at radius 2 is 2.20 bits per heavy atom. The number of likely N-dealkylation sites (N-methyl/N-ethyl adjacent to an activating group) is 1. The molecule has 1 heteroatoms. The predicted octanol–water partition coefficient (Wildman–Crippen LogP) is 2.05. The molecular formula is C9H17N. The third-order valence-electron chi connectivity index (χ3n) is 2.74. The van der Waals surface area contributed by atoms with Crippen LogP contribution in [0.1, 0.15) is 26.2 Å². The Morgan fingerprint density at radius 3 is 2.60 bits per heavy atom. The minimum atomic E-state index is 0.276. The summed E-state index contributed by atoms with van der Waals surface area (Å²) in [6.07, 6.45) is 6.05.